The number of hydrogen-bond acceptors (Lipinski definition) is 3. The summed E-state index contributed by atoms with van der Waals surface area (Å²) in [5, 5.41) is 3.50. The molecule has 0 spiro atoms. The summed E-state index contributed by atoms with van der Waals surface area (Å²) in [4.78, 5) is 2.57. The first-order chi connectivity index (χ1) is 8.81. The van der Waals surface area contributed by atoms with E-state index in [1.165, 1.54) is 5.69 Å². The summed E-state index contributed by atoms with van der Waals surface area (Å²) in [5.41, 5.74) is 1.20. The molecule has 1 aromatic rings. The number of ether oxygens (including phenoxy) is 1. The predicted octanol–water partition coefficient (Wildman–Crippen LogP) is 2.60. The summed E-state index contributed by atoms with van der Waals surface area (Å²) < 4.78 is 5.55. The second kappa shape index (κ2) is 6.76. The number of rotatable bonds is 5. The van der Waals surface area contributed by atoms with Crippen LogP contribution in [0.25, 0.3) is 0 Å². The van der Waals surface area contributed by atoms with E-state index in [4.69, 9.17) is 4.74 Å². The monoisotopic (exact) mass is 248 g/mol. The molecule has 1 saturated heterocycles. The maximum Gasteiger partial charge on any atom is 0.0622 e. The van der Waals surface area contributed by atoms with E-state index >= 15 is 0 Å². The summed E-state index contributed by atoms with van der Waals surface area (Å²) >= 11 is 0. The lowest BCUT2D eigenvalue weighted by molar-refractivity contribution is -0.0241. The first-order valence-corrected chi connectivity index (χ1v) is 6.93. The standard InChI is InChI=1S/C15H24N2O/c1-3-15-12-18-10-9-17(15)13(2)11-16-14-7-5-4-6-8-14/h4-8,13,15-16H,3,9-12H2,1-2H3. The number of morpholine rings is 1. The molecule has 1 fully saturated rings. The van der Waals surface area contributed by atoms with Crippen LogP contribution in [0.5, 0.6) is 0 Å². The minimum Gasteiger partial charge on any atom is -0.383 e. The molecule has 1 aromatic carbocycles. The molecule has 1 aliphatic rings. The van der Waals surface area contributed by atoms with Crippen molar-refractivity contribution < 1.29 is 4.74 Å². The highest BCUT2D eigenvalue weighted by Gasteiger charge is 2.25. The van der Waals surface area contributed by atoms with Crippen molar-refractivity contribution >= 4 is 5.69 Å². The molecule has 2 unspecified atom stereocenters. The Morgan fingerprint density at radius 3 is 2.89 bits per heavy atom. The largest absolute Gasteiger partial charge is 0.383 e. The Balaban J connectivity index is 1.85. The van der Waals surface area contributed by atoms with Crippen LogP contribution in [-0.4, -0.2) is 43.3 Å². The third kappa shape index (κ3) is 3.47. The Morgan fingerprint density at radius 2 is 2.17 bits per heavy atom. The second-order valence-electron chi connectivity index (χ2n) is 4.97. The molecule has 18 heavy (non-hydrogen) atoms. The summed E-state index contributed by atoms with van der Waals surface area (Å²) in [6.07, 6.45) is 1.16. The van der Waals surface area contributed by atoms with Gasteiger partial charge in [-0.2, -0.15) is 0 Å². The minimum absolute atomic E-state index is 0.541. The number of nitrogens with one attached hydrogen (secondary N) is 1. The van der Waals surface area contributed by atoms with Gasteiger partial charge in [0, 0.05) is 30.9 Å². The Kier molecular flexibility index (Phi) is 5.02. The van der Waals surface area contributed by atoms with E-state index in [0.29, 0.717) is 12.1 Å². The quantitative estimate of drug-likeness (QED) is 0.867. The molecule has 1 N–H and O–H groups in total. The molecule has 0 amide bonds. The lowest BCUT2D eigenvalue weighted by Gasteiger charge is -2.39. The highest BCUT2D eigenvalue weighted by molar-refractivity contribution is 5.42. The number of anilines is 1. The van der Waals surface area contributed by atoms with E-state index in [9.17, 15) is 0 Å². The van der Waals surface area contributed by atoms with E-state index in [2.05, 4.69) is 48.3 Å². The third-order valence-electron chi connectivity index (χ3n) is 3.69. The molecule has 3 nitrogen and oxygen atoms in total. The molecule has 3 heteroatoms. The van der Waals surface area contributed by atoms with Crippen molar-refractivity contribution in [1.82, 2.24) is 4.90 Å². The molecule has 0 aromatic heterocycles. The van der Waals surface area contributed by atoms with Gasteiger partial charge in [-0.1, -0.05) is 25.1 Å². The summed E-state index contributed by atoms with van der Waals surface area (Å²) in [5.74, 6) is 0. The van der Waals surface area contributed by atoms with E-state index in [1.807, 2.05) is 6.07 Å². The predicted molar refractivity (Wildman–Crippen MR) is 76.0 cm³/mol. The normalized spacial score (nSPS) is 22.7. The van der Waals surface area contributed by atoms with Crippen molar-refractivity contribution in [2.45, 2.75) is 32.4 Å². The van der Waals surface area contributed by atoms with Crippen LogP contribution in [0, 0.1) is 0 Å². The average molecular weight is 248 g/mol. The van der Waals surface area contributed by atoms with Crippen molar-refractivity contribution in [3.8, 4) is 0 Å². The molecule has 2 atom stereocenters. The summed E-state index contributed by atoms with van der Waals surface area (Å²) in [6.45, 7) is 8.32. The van der Waals surface area contributed by atoms with Crippen LogP contribution in [0.15, 0.2) is 30.3 Å². The van der Waals surface area contributed by atoms with Crippen LogP contribution < -0.4 is 5.32 Å². The Morgan fingerprint density at radius 1 is 1.39 bits per heavy atom. The van der Waals surface area contributed by atoms with Gasteiger partial charge in [0.05, 0.1) is 13.2 Å². The molecule has 0 aliphatic carbocycles. The topological polar surface area (TPSA) is 24.5 Å². The van der Waals surface area contributed by atoms with Crippen LogP contribution in [0.2, 0.25) is 0 Å². The van der Waals surface area contributed by atoms with Crippen molar-refractivity contribution in [2.75, 3.05) is 31.6 Å². The zero-order valence-electron chi connectivity index (χ0n) is 11.4. The van der Waals surface area contributed by atoms with E-state index < -0.39 is 0 Å². The van der Waals surface area contributed by atoms with E-state index in [0.717, 1.165) is 32.7 Å². The fraction of sp³-hybridized carbons (Fsp3) is 0.600. The molecule has 2 rings (SSSR count). The maximum absolute atomic E-state index is 5.55. The molecule has 1 heterocycles. The summed E-state index contributed by atoms with van der Waals surface area (Å²) in [6, 6.07) is 11.5. The average Bonchev–Trinajstić information content (AvgIpc) is 2.45. The Bertz CT molecular complexity index is 342. The second-order valence-corrected chi connectivity index (χ2v) is 4.97. The molecule has 0 radical (unpaired) electrons. The summed E-state index contributed by atoms with van der Waals surface area (Å²) in [7, 11) is 0. The number of hydrogen-bond donors (Lipinski definition) is 1. The van der Waals surface area contributed by atoms with Crippen LogP contribution in [0.4, 0.5) is 5.69 Å². The van der Waals surface area contributed by atoms with Gasteiger partial charge >= 0.3 is 0 Å². The van der Waals surface area contributed by atoms with E-state index in [1.54, 1.807) is 0 Å². The van der Waals surface area contributed by atoms with Gasteiger partial charge in [0.1, 0.15) is 0 Å². The van der Waals surface area contributed by atoms with Crippen LogP contribution >= 0.6 is 0 Å². The number of para-hydroxylation sites is 1. The third-order valence-corrected chi connectivity index (χ3v) is 3.69. The molecular formula is C15H24N2O. The SMILES string of the molecule is CCC1COCCN1C(C)CNc1ccccc1. The van der Waals surface area contributed by atoms with Gasteiger partial charge in [-0.15, -0.1) is 0 Å². The van der Waals surface area contributed by atoms with E-state index in [-0.39, 0.29) is 0 Å². The highest BCUT2D eigenvalue weighted by Crippen LogP contribution is 2.15. The maximum atomic E-state index is 5.55. The van der Waals surface area contributed by atoms with Crippen molar-refractivity contribution in [3.63, 3.8) is 0 Å². The number of benzene rings is 1. The van der Waals surface area contributed by atoms with Gasteiger partial charge in [-0.05, 0) is 25.5 Å². The highest BCUT2D eigenvalue weighted by atomic mass is 16.5. The van der Waals surface area contributed by atoms with Crippen molar-refractivity contribution in [1.29, 1.82) is 0 Å². The molecule has 0 bridgehead atoms. The van der Waals surface area contributed by atoms with Gasteiger partial charge in [-0.3, -0.25) is 4.90 Å². The van der Waals surface area contributed by atoms with Gasteiger partial charge < -0.3 is 10.1 Å². The van der Waals surface area contributed by atoms with Crippen LogP contribution in [0.3, 0.4) is 0 Å². The molecule has 0 saturated carbocycles. The molecular weight excluding hydrogens is 224 g/mol. The van der Waals surface area contributed by atoms with Gasteiger partial charge in [-0.25, -0.2) is 0 Å². The zero-order valence-corrected chi connectivity index (χ0v) is 11.4. The lowest BCUT2D eigenvalue weighted by atomic mass is 10.1. The Labute approximate surface area is 110 Å². The fourth-order valence-corrected chi connectivity index (χ4v) is 2.54. The first-order valence-electron chi connectivity index (χ1n) is 6.93. The number of nitrogens with zero attached hydrogens (tertiary/aromatic N) is 1. The molecule has 1 aliphatic heterocycles. The fourth-order valence-electron chi connectivity index (χ4n) is 2.54. The minimum atomic E-state index is 0.541. The van der Waals surface area contributed by atoms with Crippen LogP contribution in [-0.2, 0) is 4.74 Å². The smallest absolute Gasteiger partial charge is 0.0622 e. The first kappa shape index (κ1) is 13.4. The van der Waals surface area contributed by atoms with Gasteiger partial charge in [0.15, 0.2) is 0 Å². The van der Waals surface area contributed by atoms with Gasteiger partial charge in [0.2, 0.25) is 0 Å². The lowest BCUT2D eigenvalue weighted by Crippen LogP contribution is -2.51. The van der Waals surface area contributed by atoms with Crippen molar-refractivity contribution in [3.05, 3.63) is 30.3 Å². The molecule has 100 valence electrons. The van der Waals surface area contributed by atoms with Crippen molar-refractivity contribution in [2.24, 2.45) is 0 Å². The zero-order chi connectivity index (χ0) is 12.8. The van der Waals surface area contributed by atoms with Gasteiger partial charge in [0.25, 0.3) is 0 Å². The van der Waals surface area contributed by atoms with Crippen LogP contribution in [0.1, 0.15) is 20.3 Å². The Hall–Kier alpha value is -1.06.